The molecule has 0 unspecified atom stereocenters. The first-order chi connectivity index (χ1) is 13.9. The molecule has 5 rings (SSSR count). The number of hydrogen-bond donors (Lipinski definition) is 3. The Morgan fingerprint density at radius 2 is 1.97 bits per heavy atom. The number of carbonyl (C=O) groups excluding carboxylic acids is 2. The number of piperidine rings is 1. The number of halogens is 2. The Hall–Kier alpha value is -3.24. The number of anilines is 2. The van der Waals surface area contributed by atoms with E-state index >= 15 is 0 Å². The lowest BCUT2D eigenvalue weighted by atomic mass is 10.1. The first-order valence-electron chi connectivity index (χ1n) is 9.50. The molecule has 11 heteroatoms. The first-order valence-corrected chi connectivity index (χ1v) is 9.50. The van der Waals surface area contributed by atoms with Crippen molar-refractivity contribution in [3.63, 3.8) is 0 Å². The van der Waals surface area contributed by atoms with E-state index < -0.39 is 17.9 Å². The Balaban J connectivity index is 1.55. The smallest absolute Gasteiger partial charge is 0.326 e. The molecular weight excluding hydrogens is 384 g/mol. The van der Waals surface area contributed by atoms with E-state index in [0.29, 0.717) is 23.1 Å². The number of rotatable bonds is 4. The van der Waals surface area contributed by atoms with Crippen LogP contribution in [-0.4, -0.2) is 51.6 Å². The minimum Gasteiger partial charge on any atom is -0.367 e. The van der Waals surface area contributed by atoms with Crippen LogP contribution in [-0.2, 0) is 4.79 Å². The van der Waals surface area contributed by atoms with Crippen LogP contribution in [0.1, 0.15) is 31.2 Å². The van der Waals surface area contributed by atoms with Crippen LogP contribution in [0, 0.1) is 0 Å². The van der Waals surface area contributed by atoms with E-state index in [0.717, 1.165) is 18.7 Å². The van der Waals surface area contributed by atoms with E-state index in [9.17, 15) is 18.4 Å². The first kappa shape index (κ1) is 17.8. The summed E-state index contributed by atoms with van der Waals surface area (Å²) in [5.74, 6) is -1.87. The van der Waals surface area contributed by atoms with Crippen LogP contribution in [0.5, 0.6) is 0 Å². The summed E-state index contributed by atoms with van der Waals surface area (Å²) >= 11 is 0. The topological polar surface area (TPSA) is 104 Å². The maximum atomic E-state index is 13.6. The number of fused-ring (bicyclic) bond motifs is 1. The van der Waals surface area contributed by atoms with Crippen LogP contribution in [0.2, 0.25) is 0 Å². The van der Waals surface area contributed by atoms with Gasteiger partial charge in [-0.15, -0.1) is 0 Å². The third-order valence-electron chi connectivity index (χ3n) is 5.25. The van der Waals surface area contributed by atoms with Crippen LogP contribution in [0.15, 0.2) is 18.0 Å². The minimum atomic E-state index is -2.64. The van der Waals surface area contributed by atoms with Gasteiger partial charge in [-0.1, -0.05) is 0 Å². The van der Waals surface area contributed by atoms with Gasteiger partial charge < -0.3 is 15.5 Å². The normalized spacial score (nSPS) is 22.8. The Labute approximate surface area is 164 Å². The predicted octanol–water partition coefficient (Wildman–Crippen LogP) is 1.72. The summed E-state index contributed by atoms with van der Waals surface area (Å²) < 4.78 is 28.8. The van der Waals surface area contributed by atoms with Gasteiger partial charge in [-0.2, -0.15) is 9.61 Å². The molecule has 3 N–H and O–H groups in total. The summed E-state index contributed by atoms with van der Waals surface area (Å²) in [5.41, 5.74) is 1.12. The van der Waals surface area contributed by atoms with Gasteiger partial charge in [0.1, 0.15) is 17.3 Å². The third-order valence-corrected chi connectivity index (χ3v) is 5.25. The third kappa shape index (κ3) is 3.47. The lowest BCUT2D eigenvalue weighted by Gasteiger charge is -2.32. The standard InChI is InChI=1S/C18H19F2N7O2/c19-18(20)3-5-26(6-4-18)13-8-14(22-11-1-2-11)27-15(24-13)10(9-21-27)7-12-16(28)25-17(29)23-12/h7-9,11,22H,1-6H2,(H2,23,25,28,29)/b12-7+. The predicted molar refractivity (Wildman–Crippen MR) is 101 cm³/mol. The molecule has 0 bridgehead atoms. The SMILES string of the molecule is O=C1NC(=O)/C(=C\c2cnn3c(NC4CC4)cc(N4CCC(F)(F)CC4)nc23)N1. The number of hydrogen-bond acceptors (Lipinski definition) is 6. The van der Waals surface area contributed by atoms with Gasteiger partial charge in [-0.3, -0.25) is 10.1 Å². The van der Waals surface area contributed by atoms with E-state index in [1.165, 1.54) is 6.08 Å². The van der Waals surface area contributed by atoms with Crippen molar-refractivity contribution in [1.29, 1.82) is 0 Å². The molecular formula is C18H19F2N7O2. The number of urea groups is 1. The average Bonchev–Trinajstić information content (AvgIpc) is 3.30. The number of alkyl halides is 2. The highest BCUT2D eigenvalue weighted by atomic mass is 19.3. The van der Waals surface area contributed by atoms with Crippen molar-refractivity contribution in [3.05, 3.63) is 23.5 Å². The number of nitrogens with one attached hydrogen (secondary N) is 3. The lowest BCUT2D eigenvalue weighted by molar-refractivity contribution is -0.115. The fourth-order valence-electron chi connectivity index (χ4n) is 3.47. The largest absolute Gasteiger partial charge is 0.367 e. The van der Waals surface area contributed by atoms with Crippen molar-refractivity contribution in [3.8, 4) is 0 Å². The Morgan fingerprint density at radius 1 is 1.21 bits per heavy atom. The molecule has 0 atom stereocenters. The van der Waals surface area contributed by atoms with Gasteiger partial charge in [-0.25, -0.2) is 18.6 Å². The lowest BCUT2D eigenvalue weighted by Crippen LogP contribution is -2.39. The van der Waals surface area contributed by atoms with Crippen LogP contribution < -0.4 is 20.9 Å². The molecule has 2 saturated heterocycles. The highest BCUT2D eigenvalue weighted by Crippen LogP contribution is 2.32. The van der Waals surface area contributed by atoms with Gasteiger partial charge in [-0.05, 0) is 18.9 Å². The molecule has 3 aliphatic rings. The Bertz CT molecular complexity index is 1030. The molecule has 1 saturated carbocycles. The summed E-state index contributed by atoms with van der Waals surface area (Å²) in [6.45, 7) is 0.421. The second-order valence-electron chi connectivity index (χ2n) is 7.56. The van der Waals surface area contributed by atoms with Gasteiger partial charge in [0.25, 0.3) is 11.8 Å². The fourth-order valence-corrected chi connectivity index (χ4v) is 3.47. The van der Waals surface area contributed by atoms with E-state index in [1.54, 1.807) is 10.7 Å². The van der Waals surface area contributed by atoms with E-state index in [4.69, 9.17) is 0 Å². The van der Waals surface area contributed by atoms with E-state index in [2.05, 4.69) is 26.0 Å². The van der Waals surface area contributed by atoms with E-state index in [1.807, 2.05) is 11.0 Å². The Morgan fingerprint density at radius 3 is 2.62 bits per heavy atom. The number of imide groups is 1. The van der Waals surface area contributed by atoms with Gasteiger partial charge in [0, 0.05) is 43.6 Å². The van der Waals surface area contributed by atoms with Crippen molar-refractivity contribution in [2.45, 2.75) is 37.6 Å². The fraction of sp³-hybridized carbons (Fsp3) is 0.444. The number of nitrogens with zero attached hydrogens (tertiary/aromatic N) is 4. The second-order valence-corrected chi connectivity index (χ2v) is 7.56. The summed E-state index contributed by atoms with van der Waals surface area (Å²) in [4.78, 5) is 29.7. The molecule has 0 radical (unpaired) electrons. The Kier molecular flexibility index (Phi) is 3.93. The van der Waals surface area contributed by atoms with Crippen LogP contribution in [0.25, 0.3) is 11.7 Å². The zero-order valence-electron chi connectivity index (χ0n) is 15.4. The highest BCUT2D eigenvalue weighted by molar-refractivity contribution is 6.14. The maximum absolute atomic E-state index is 13.6. The number of aromatic nitrogens is 3. The van der Waals surface area contributed by atoms with Crippen molar-refractivity contribution in [1.82, 2.24) is 25.2 Å². The molecule has 3 amide bonds. The quantitative estimate of drug-likeness (QED) is 0.531. The van der Waals surface area contributed by atoms with Crippen LogP contribution >= 0.6 is 0 Å². The molecule has 2 aromatic heterocycles. The van der Waals surface area contributed by atoms with Crippen molar-refractivity contribution in [2.24, 2.45) is 0 Å². The molecule has 152 valence electrons. The highest BCUT2D eigenvalue weighted by Gasteiger charge is 2.35. The molecule has 2 aliphatic heterocycles. The second kappa shape index (κ2) is 6.39. The van der Waals surface area contributed by atoms with Gasteiger partial charge in [0.05, 0.1) is 6.20 Å². The van der Waals surface area contributed by atoms with Crippen molar-refractivity contribution in [2.75, 3.05) is 23.3 Å². The molecule has 0 aromatic carbocycles. The molecule has 9 nitrogen and oxygen atoms in total. The molecule has 29 heavy (non-hydrogen) atoms. The summed E-state index contributed by atoms with van der Waals surface area (Å²) in [5, 5.41) is 12.3. The molecule has 1 aliphatic carbocycles. The number of carbonyl (C=O) groups is 2. The molecule has 2 aromatic rings. The van der Waals surface area contributed by atoms with Crippen LogP contribution in [0.3, 0.4) is 0 Å². The molecule has 4 heterocycles. The van der Waals surface area contributed by atoms with Crippen molar-refractivity contribution < 1.29 is 18.4 Å². The number of amides is 3. The molecule has 3 fully saturated rings. The monoisotopic (exact) mass is 403 g/mol. The van der Waals surface area contributed by atoms with Gasteiger partial charge in [0.15, 0.2) is 5.65 Å². The zero-order chi connectivity index (χ0) is 20.2. The zero-order valence-corrected chi connectivity index (χ0v) is 15.4. The van der Waals surface area contributed by atoms with E-state index in [-0.39, 0.29) is 31.6 Å². The summed E-state index contributed by atoms with van der Waals surface area (Å²) in [6.07, 6.45) is 4.74. The summed E-state index contributed by atoms with van der Waals surface area (Å²) in [7, 11) is 0. The minimum absolute atomic E-state index is 0.103. The maximum Gasteiger partial charge on any atom is 0.326 e. The summed E-state index contributed by atoms with van der Waals surface area (Å²) in [6, 6.07) is 1.59. The molecule has 0 spiro atoms. The van der Waals surface area contributed by atoms with Gasteiger partial charge >= 0.3 is 6.03 Å². The average molecular weight is 403 g/mol. The van der Waals surface area contributed by atoms with Crippen molar-refractivity contribution >= 4 is 35.3 Å². The van der Waals surface area contributed by atoms with Crippen LogP contribution in [0.4, 0.5) is 25.2 Å². The van der Waals surface area contributed by atoms with Gasteiger partial charge in [0.2, 0.25) is 0 Å².